The number of nitrogens with one attached hydrogen (secondary N) is 1. The molecule has 3 rings (SSSR count). The van der Waals surface area contributed by atoms with Crippen molar-refractivity contribution in [3.05, 3.63) is 24.5 Å². The molecule has 1 saturated carbocycles. The maximum Gasteiger partial charge on any atom is 0.230 e. The predicted octanol–water partition coefficient (Wildman–Crippen LogP) is 1.88. The Kier molecular flexibility index (Phi) is 4.42. The molecule has 1 atom stereocenters. The summed E-state index contributed by atoms with van der Waals surface area (Å²) in [6, 6.07) is 4.06. The molecule has 116 valence electrons. The molecule has 0 aromatic carbocycles. The van der Waals surface area contributed by atoms with E-state index in [0.29, 0.717) is 11.7 Å². The quantitative estimate of drug-likeness (QED) is 0.824. The molecule has 0 saturated heterocycles. The fourth-order valence-corrected chi connectivity index (χ4v) is 3.05. The summed E-state index contributed by atoms with van der Waals surface area (Å²) in [6.45, 7) is 2.07. The molecule has 0 radical (unpaired) electrons. The fourth-order valence-electron chi connectivity index (χ4n) is 2.33. The van der Waals surface area contributed by atoms with Crippen LogP contribution in [-0.4, -0.2) is 37.5 Å². The Balaban J connectivity index is 1.59. The number of carbonyl (C=O) groups excluding carboxylic acids is 1. The number of hydrogen-bond donors (Lipinski definition) is 1. The monoisotopic (exact) mass is 317 g/mol. The number of pyridine rings is 1. The second kappa shape index (κ2) is 6.48. The van der Waals surface area contributed by atoms with Gasteiger partial charge in [0.2, 0.25) is 5.91 Å². The molecular weight excluding hydrogens is 298 g/mol. The molecule has 0 bridgehead atoms. The van der Waals surface area contributed by atoms with Crippen molar-refractivity contribution in [1.82, 2.24) is 25.1 Å². The smallest absolute Gasteiger partial charge is 0.230 e. The Hall–Kier alpha value is -1.89. The molecule has 2 aromatic heterocycles. The zero-order valence-corrected chi connectivity index (χ0v) is 13.5. The van der Waals surface area contributed by atoms with E-state index in [2.05, 4.69) is 27.4 Å². The van der Waals surface area contributed by atoms with E-state index in [1.165, 1.54) is 24.6 Å². The lowest BCUT2D eigenvalue weighted by Gasteiger charge is -2.12. The van der Waals surface area contributed by atoms with Crippen LogP contribution in [0, 0.1) is 5.92 Å². The van der Waals surface area contributed by atoms with Crippen LogP contribution < -0.4 is 5.32 Å². The third-order valence-corrected chi connectivity index (χ3v) is 4.84. The van der Waals surface area contributed by atoms with Crippen LogP contribution >= 0.6 is 11.8 Å². The average molecular weight is 317 g/mol. The Morgan fingerprint density at radius 1 is 1.41 bits per heavy atom. The molecule has 0 spiro atoms. The number of nitrogens with zero attached hydrogens (tertiary/aromatic N) is 4. The first-order valence-electron chi connectivity index (χ1n) is 7.37. The number of thioether (sulfide) groups is 1. The van der Waals surface area contributed by atoms with Gasteiger partial charge in [0.05, 0.1) is 5.75 Å². The molecule has 1 N–H and O–H groups in total. The number of amides is 1. The molecule has 1 aliphatic carbocycles. The van der Waals surface area contributed by atoms with E-state index in [1.807, 2.05) is 23.7 Å². The lowest BCUT2D eigenvalue weighted by Crippen LogP contribution is -2.35. The van der Waals surface area contributed by atoms with Crippen molar-refractivity contribution in [2.45, 2.75) is 31.0 Å². The molecule has 1 amide bonds. The summed E-state index contributed by atoms with van der Waals surface area (Å²) in [5.41, 5.74) is 0.962. The van der Waals surface area contributed by atoms with Gasteiger partial charge in [-0.3, -0.25) is 9.78 Å². The van der Waals surface area contributed by atoms with Crippen LogP contribution in [0.1, 0.15) is 19.8 Å². The number of rotatable bonds is 6. The van der Waals surface area contributed by atoms with E-state index in [0.717, 1.165) is 16.5 Å². The van der Waals surface area contributed by atoms with E-state index in [-0.39, 0.29) is 11.9 Å². The van der Waals surface area contributed by atoms with Gasteiger partial charge in [0, 0.05) is 31.0 Å². The second-order valence-electron chi connectivity index (χ2n) is 5.58. The predicted molar refractivity (Wildman–Crippen MR) is 85.3 cm³/mol. The van der Waals surface area contributed by atoms with Crippen molar-refractivity contribution in [1.29, 1.82) is 0 Å². The number of hydrogen-bond acceptors (Lipinski definition) is 5. The first-order valence-corrected chi connectivity index (χ1v) is 8.35. The largest absolute Gasteiger partial charge is 0.353 e. The van der Waals surface area contributed by atoms with Gasteiger partial charge in [-0.1, -0.05) is 11.8 Å². The summed E-state index contributed by atoms with van der Waals surface area (Å²) < 4.78 is 1.90. The molecule has 0 aliphatic heterocycles. The van der Waals surface area contributed by atoms with Crippen molar-refractivity contribution in [2.75, 3.05) is 5.75 Å². The highest BCUT2D eigenvalue weighted by molar-refractivity contribution is 7.99. The van der Waals surface area contributed by atoms with Gasteiger partial charge in [-0.2, -0.15) is 0 Å². The highest BCUT2D eigenvalue weighted by Crippen LogP contribution is 2.32. The van der Waals surface area contributed by atoms with E-state index in [4.69, 9.17) is 0 Å². The summed E-state index contributed by atoms with van der Waals surface area (Å²) in [6.07, 6.45) is 5.91. The SMILES string of the molecule is C[C@H](NC(=O)CSc1nnc(-c2ccncc2)n1C)C1CC1. The molecule has 1 fully saturated rings. The van der Waals surface area contributed by atoms with Crippen molar-refractivity contribution in [2.24, 2.45) is 13.0 Å². The fraction of sp³-hybridized carbons (Fsp3) is 0.467. The maximum absolute atomic E-state index is 11.9. The molecule has 22 heavy (non-hydrogen) atoms. The van der Waals surface area contributed by atoms with E-state index in [9.17, 15) is 4.79 Å². The van der Waals surface area contributed by atoms with Gasteiger partial charge in [0.1, 0.15) is 0 Å². The molecule has 0 unspecified atom stereocenters. The summed E-state index contributed by atoms with van der Waals surface area (Å²) in [4.78, 5) is 15.9. The van der Waals surface area contributed by atoms with E-state index in [1.54, 1.807) is 12.4 Å². The van der Waals surface area contributed by atoms with Gasteiger partial charge in [0.25, 0.3) is 0 Å². The minimum absolute atomic E-state index is 0.0536. The van der Waals surface area contributed by atoms with Gasteiger partial charge in [-0.05, 0) is 37.8 Å². The molecule has 6 nitrogen and oxygen atoms in total. The van der Waals surface area contributed by atoms with Crippen LogP contribution in [0.3, 0.4) is 0 Å². The van der Waals surface area contributed by atoms with Gasteiger partial charge in [-0.15, -0.1) is 10.2 Å². The highest BCUT2D eigenvalue weighted by atomic mass is 32.2. The molecule has 2 heterocycles. The number of carbonyl (C=O) groups is 1. The van der Waals surface area contributed by atoms with Crippen molar-refractivity contribution in [3.63, 3.8) is 0 Å². The first-order chi connectivity index (χ1) is 10.6. The van der Waals surface area contributed by atoms with Crippen LogP contribution in [-0.2, 0) is 11.8 Å². The molecule has 1 aliphatic rings. The van der Waals surface area contributed by atoms with E-state index < -0.39 is 0 Å². The number of aromatic nitrogens is 4. The third-order valence-electron chi connectivity index (χ3n) is 3.82. The van der Waals surface area contributed by atoms with Gasteiger partial charge in [-0.25, -0.2) is 0 Å². The summed E-state index contributed by atoms with van der Waals surface area (Å²) in [5.74, 6) is 1.86. The van der Waals surface area contributed by atoms with Gasteiger partial charge >= 0.3 is 0 Å². The Bertz CT molecular complexity index is 653. The van der Waals surface area contributed by atoms with Gasteiger partial charge in [0.15, 0.2) is 11.0 Å². The van der Waals surface area contributed by atoms with Crippen molar-refractivity contribution >= 4 is 17.7 Å². The molecule has 7 heteroatoms. The van der Waals surface area contributed by atoms with Crippen LogP contribution in [0.4, 0.5) is 0 Å². The van der Waals surface area contributed by atoms with Crippen LogP contribution in [0.2, 0.25) is 0 Å². The minimum Gasteiger partial charge on any atom is -0.353 e. The topological polar surface area (TPSA) is 72.7 Å². The zero-order chi connectivity index (χ0) is 15.5. The lowest BCUT2D eigenvalue weighted by molar-refractivity contribution is -0.119. The zero-order valence-electron chi connectivity index (χ0n) is 12.7. The second-order valence-corrected chi connectivity index (χ2v) is 6.53. The lowest BCUT2D eigenvalue weighted by atomic mass is 10.2. The normalized spacial score (nSPS) is 15.5. The van der Waals surface area contributed by atoms with Crippen LogP contribution in [0.25, 0.3) is 11.4 Å². The maximum atomic E-state index is 11.9. The summed E-state index contributed by atoms with van der Waals surface area (Å²) in [5, 5.41) is 12.1. The Labute approximate surface area is 133 Å². The van der Waals surface area contributed by atoms with Crippen molar-refractivity contribution in [3.8, 4) is 11.4 Å². The molecule has 2 aromatic rings. The van der Waals surface area contributed by atoms with Gasteiger partial charge < -0.3 is 9.88 Å². The Morgan fingerprint density at radius 3 is 2.82 bits per heavy atom. The first kappa shape index (κ1) is 15.0. The minimum atomic E-state index is 0.0536. The highest BCUT2D eigenvalue weighted by Gasteiger charge is 2.28. The van der Waals surface area contributed by atoms with Crippen LogP contribution in [0.5, 0.6) is 0 Å². The standard InChI is InChI=1S/C15H19N5OS/c1-10(11-3-4-11)17-13(21)9-22-15-19-18-14(20(15)2)12-5-7-16-8-6-12/h5-8,10-11H,3-4,9H2,1-2H3,(H,17,21)/t10-/m0/s1. The summed E-state index contributed by atoms with van der Waals surface area (Å²) in [7, 11) is 1.91. The van der Waals surface area contributed by atoms with E-state index >= 15 is 0 Å². The molecular formula is C15H19N5OS. The van der Waals surface area contributed by atoms with Crippen LogP contribution in [0.15, 0.2) is 29.7 Å². The average Bonchev–Trinajstić information content (AvgIpc) is 3.31. The third kappa shape index (κ3) is 3.47. The Morgan fingerprint density at radius 2 is 2.14 bits per heavy atom. The summed E-state index contributed by atoms with van der Waals surface area (Å²) >= 11 is 1.41. The van der Waals surface area contributed by atoms with Crippen molar-refractivity contribution < 1.29 is 4.79 Å².